The highest BCUT2D eigenvalue weighted by molar-refractivity contribution is 5.11. The molecule has 0 spiro atoms. The summed E-state index contributed by atoms with van der Waals surface area (Å²) in [5.41, 5.74) is -0.396. The molecule has 0 radical (unpaired) electrons. The van der Waals surface area contributed by atoms with Crippen molar-refractivity contribution in [3.63, 3.8) is 0 Å². The quantitative estimate of drug-likeness (QED) is 0.705. The van der Waals surface area contributed by atoms with Gasteiger partial charge in [-0.25, -0.2) is 0 Å². The lowest BCUT2D eigenvalue weighted by Gasteiger charge is -2.62. The first-order chi connectivity index (χ1) is 5.99. The van der Waals surface area contributed by atoms with Crippen molar-refractivity contribution in [3.8, 4) is 0 Å². The summed E-state index contributed by atoms with van der Waals surface area (Å²) in [7, 11) is 0. The first-order valence-corrected chi connectivity index (χ1v) is 5.35. The van der Waals surface area contributed by atoms with E-state index < -0.39 is 0 Å². The second kappa shape index (κ2) is 2.96. The van der Waals surface area contributed by atoms with Gasteiger partial charge in [-0.3, -0.25) is 0 Å². The van der Waals surface area contributed by atoms with E-state index in [9.17, 15) is 5.11 Å². The van der Waals surface area contributed by atoms with Crippen molar-refractivity contribution < 1.29 is 9.84 Å². The summed E-state index contributed by atoms with van der Waals surface area (Å²) in [5.74, 6) is 0. The predicted octanol–water partition coefficient (Wildman–Crippen LogP) is 2.60. The lowest BCUT2D eigenvalue weighted by Crippen LogP contribution is -2.69. The van der Waals surface area contributed by atoms with Crippen LogP contribution in [-0.2, 0) is 4.74 Å². The SMILES string of the molecule is CC(C)(C)OC1C(C)(C)C(O)C1(C)C. The van der Waals surface area contributed by atoms with Crippen LogP contribution in [0, 0.1) is 10.8 Å². The normalized spacial score (nSPS) is 35.1. The Bertz CT molecular complexity index is 207. The van der Waals surface area contributed by atoms with Gasteiger partial charge in [0.1, 0.15) is 0 Å². The molecule has 1 rings (SSSR count). The van der Waals surface area contributed by atoms with Gasteiger partial charge in [0.2, 0.25) is 0 Å². The Morgan fingerprint density at radius 2 is 1.36 bits per heavy atom. The number of aliphatic hydroxyl groups excluding tert-OH is 1. The minimum absolute atomic E-state index is 0.128. The van der Waals surface area contributed by atoms with Gasteiger partial charge in [0.05, 0.1) is 17.8 Å². The molecule has 2 heteroatoms. The van der Waals surface area contributed by atoms with Crippen molar-refractivity contribution in [2.24, 2.45) is 10.8 Å². The van der Waals surface area contributed by atoms with Gasteiger partial charge in [-0.2, -0.15) is 0 Å². The lowest BCUT2D eigenvalue weighted by molar-refractivity contribution is -0.291. The predicted molar refractivity (Wildman–Crippen MR) is 58.2 cm³/mol. The fourth-order valence-electron chi connectivity index (χ4n) is 2.77. The fourth-order valence-corrected chi connectivity index (χ4v) is 2.77. The second-order valence-corrected chi connectivity index (χ2v) is 6.66. The first-order valence-electron chi connectivity index (χ1n) is 5.35. The summed E-state index contributed by atoms with van der Waals surface area (Å²) in [5, 5.41) is 9.99. The van der Waals surface area contributed by atoms with Crippen molar-refractivity contribution in [1.29, 1.82) is 0 Å². The van der Waals surface area contributed by atoms with Crippen LogP contribution in [0.2, 0.25) is 0 Å². The molecule has 1 saturated carbocycles. The minimum atomic E-state index is -0.276. The van der Waals surface area contributed by atoms with Crippen molar-refractivity contribution in [2.45, 2.75) is 66.3 Å². The average molecular weight is 200 g/mol. The van der Waals surface area contributed by atoms with Crippen LogP contribution in [0.25, 0.3) is 0 Å². The minimum Gasteiger partial charge on any atom is -0.392 e. The molecule has 0 atom stereocenters. The Labute approximate surface area is 87.7 Å². The maximum Gasteiger partial charge on any atom is 0.0733 e. The van der Waals surface area contributed by atoms with Gasteiger partial charge in [-0.05, 0) is 20.8 Å². The summed E-state index contributed by atoms with van der Waals surface area (Å²) in [6.07, 6.45) is -0.146. The third-order valence-electron chi connectivity index (χ3n) is 3.23. The molecule has 0 aromatic rings. The Kier molecular flexibility index (Phi) is 2.53. The maximum absolute atomic E-state index is 9.99. The summed E-state index contributed by atoms with van der Waals surface area (Å²) in [6.45, 7) is 14.5. The molecule has 84 valence electrons. The zero-order valence-corrected chi connectivity index (χ0v) is 10.5. The molecule has 1 N–H and O–H groups in total. The van der Waals surface area contributed by atoms with E-state index in [0.717, 1.165) is 0 Å². The zero-order chi connectivity index (χ0) is 11.4. The highest BCUT2D eigenvalue weighted by Crippen LogP contribution is 2.56. The van der Waals surface area contributed by atoms with Gasteiger partial charge in [-0.1, -0.05) is 27.7 Å². The number of aliphatic hydroxyl groups is 1. The van der Waals surface area contributed by atoms with Crippen LogP contribution in [0.15, 0.2) is 0 Å². The largest absolute Gasteiger partial charge is 0.392 e. The van der Waals surface area contributed by atoms with Crippen molar-refractivity contribution in [2.75, 3.05) is 0 Å². The summed E-state index contributed by atoms with van der Waals surface area (Å²) in [4.78, 5) is 0. The van der Waals surface area contributed by atoms with Crippen LogP contribution in [0.5, 0.6) is 0 Å². The molecular formula is C12H24O2. The van der Waals surface area contributed by atoms with E-state index in [-0.39, 0.29) is 28.6 Å². The van der Waals surface area contributed by atoms with Crippen molar-refractivity contribution in [3.05, 3.63) is 0 Å². The molecule has 0 heterocycles. The molecule has 0 saturated heterocycles. The highest BCUT2D eigenvalue weighted by Gasteiger charge is 2.62. The molecule has 0 aliphatic heterocycles. The van der Waals surface area contributed by atoms with Crippen molar-refractivity contribution >= 4 is 0 Å². The molecule has 1 aliphatic rings. The Hall–Kier alpha value is -0.0800. The van der Waals surface area contributed by atoms with E-state index in [1.807, 2.05) is 0 Å². The third-order valence-corrected chi connectivity index (χ3v) is 3.23. The Morgan fingerprint density at radius 3 is 1.64 bits per heavy atom. The number of hydrogen-bond donors (Lipinski definition) is 1. The van der Waals surface area contributed by atoms with Crippen LogP contribution in [-0.4, -0.2) is 22.9 Å². The molecule has 0 amide bonds. The molecule has 0 unspecified atom stereocenters. The van der Waals surface area contributed by atoms with E-state index in [1.54, 1.807) is 0 Å². The summed E-state index contributed by atoms with van der Waals surface area (Å²) >= 11 is 0. The second-order valence-electron chi connectivity index (χ2n) is 6.66. The van der Waals surface area contributed by atoms with E-state index in [0.29, 0.717) is 0 Å². The smallest absolute Gasteiger partial charge is 0.0733 e. The molecule has 14 heavy (non-hydrogen) atoms. The standard InChI is InChI=1S/C12H24O2/c1-10(2,3)14-9-11(4,5)8(13)12(9,6)7/h8-9,13H,1-7H3. The summed E-state index contributed by atoms with van der Waals surface area (Å²) in [6, 6.07) is 0. The Morgan fingerprint density at radius 1 is 1.00 bits per heavy atom. The molecule has 1 fully saturated rings. The van der Waals surface area contributed by atoms with E-state index in [2.05, 4.69) is 48.5 Å². The molecule has 1 aliphatic carbocycles. The van der Waals surface area contributed by atoms with E-state index in [4.69, 9.17) is 4.74 Å². The van der Waals surface area contributed by atoms with Crippen LogP contribution >= 0.6 is 0 Å². The number of rotatable bonds is 1. The van der Waals surface area contributed by atoms with Crippen LogP contribution < -0.4 is 0 Å². The average Bonchev–Trinajstić information content (AvgIpc) is 1.97. The molecule has 0 aromatic carbocycles. The topological polar surface area (TPSA) is 29.5 Å². The molecular weight excluding hydrogens is 176 g/mol. The summed E-state index contributed by atoms with van der Waals surface area (Å²) < 4.78 is 6.01. The van der Waals surface area contributed by atoms with Crippen LogP contribution in [0.3, 0.4) is 0 Å². The van der Waals surface area contributed by atoms with Gasteiger partial charge in [0.15, 0.2) is 0 Å². The number of ether oxygens (including phenoxy) is 1. The van der Waals surface area contributed by atoms with Gasteiger partial charge in [0.25, 0.3) is 0 Å². The first kappa shape index (κ1) is 12.0. The molecule has 2 nitrogen and oxygen atoms in total. The molecule has 0 bridgehead atoms. The van der Waals surface area contributed by atoms with E-state index in [1.165, 1.54) is 0 Å². The number of hydrogen-bond acceptors (Lipinski definition) is 2. The monoisotopic (exact) mass is 200 g/mol. The Balaban J connectivity index is 2.79. The van der Waals surface area contributed by atoms with Gasteiger partial charge >= 0.3 is 0 Å². The van der Waals surface area contributed by atoms with Crippen LogP contribution in [0.1, 0.15) is 48.5 Å². The molecule has 0 aromatic heterocycles. The van der Waals surface area contributed by atoms with Crippen molar-refractivity contribution in [1.82, 2.24) is 0 Å². The highest BCUT2D eigenvalue weighted by atomic mass is 16.5. The lowest BCUT2D eigenvalue weighted by atomic mass is 9.51. The van der Waals surface area contributed by atoms with Gasteiger partial charge < -0.3 is 9.84 Å². The van der Waals surface area contributed by atoms with Gasteiger partial charge in [0, 0.05) is 10.8 Å². The maximum atomic E-state index is 9.99. The van der Waals surface area contributed by atoms with Gasteiger partial charge in [-0.15, -0.1) is 0 Å². The van der Waals surface area contributed by atoms with Crippen LogP contribution in [0.4, 0.5) is 0 Å². The zero-order valence-electron chi connectivity index (χ0n) is 10.5. The third kappa shape index (κ3) is 1.70. The fraction of sp³-hybridized carbons (Fsp3) is 1.00. The van der Waals surface area contributed by atoms with E-state index >= 15 is 0 Å².